The molecule has 1 aliphatic heterocycles. The largest absolute Gasteiger partial charge is 0.475 e. The highest BCUT2D eigenvalue weighted by atomic mass is 16.5. The van der Waals surface area contributed by atoms with Gasteiger partial charge in [-0.15, -0.1) is 0 Å². The minimum Gasteiger partial charge on any atom is -0.475 e. The van der Waals surface area contributed by atoms with Gasteiger partial charge in [0.15, 0.2) is 0 Å². The molecule has 1 aliphatic rings. The molecule has 1 unspecified atom stereocenters. The Morgan fingerprint density at radius 2 is 2.32 bits per heavy atom. The Kier molecular flexibility index (Phi) is 4.37. The van der Waals surface area contributed by atoms with Gasteiger partial charge in [0, 0.05) is 11.7 Å². The summed E-state index contributed by atoms with van der Waals surface area (Å²) in [5, 5.41) is 7.56. The molecule has 3 N–H and O–H groups in total. The maximum absolute atomic E-state index is 7.56. The minimum atomic E-state index is -0.000464. The molecule has 1 fully saturated rings. The first-order chi connectivity index (χ1) is 9.08. The average molecular weight is 262 g/mol. The molecule has 1 atom stereocenters. The van der Waals surface area contributed by atoms with Gasteiger partial charge in [-0.25, -0.2) is 4.98 Å². The molecule has 0 amide bonds. The number of likely N-dealkylation sites (tertiary alicyclic amines) is 1. The summed E-state index contributed by atoms with van der Waals surface area (Å²) in [4.78, 5) is 6.67. The van der Waals surface area contributed by atoms with Crippen molar-refractivity contribution in [2.75, 3.05) is 20.2 Å². The van der Waals surface area contributed by atoms with Crippen LogP contribution in [0.3, 0.4) is 0 Å². The topological polar surface area (TPSA) is 75.2 Å². The lowest BCUT2D eigenvalue weighted by atomic mass is 10.0. The van der Waals surface area contributed by atoms with E-state index in [1.165, 1.54) is 12.8 Å². The fraction of sp³-hybridized carbons (Fsp3) is 0.571. The van der Waals surface area contributed by atoms with E-state index in [9.17, 15) is 0 Å². The lowest BCUT2D eigenvalue weighted by Crippen LogP contribution is -2.40. The highest BCUT2D eigenvalue weighted by Crippen LogP contribution is 2.19. The second-order valence-electron chi connectivity index (χ2n) is 5.16. The quantitative estimate of drug-likeness (QED) is 0.637. The number of amidine groups is 1. The molecule has 0 bridgehead atoms. The van der Waals surface area contributed by atoms with E-state index in [4.69, 9.17) is 15.9 Å². The Balaban J connectivity index is 2.05. The van der Waals surface area contributed by atoms with E-state index in [2.05, 4.69) is 16.9 Å². The molecule has 0 aromatic carbocycles. The first-order valence-electron chi connectivity index (χ1n) is 6.73. The van der Waals surface area contributed by atoms with Gasteiger partial charge in [0.25, 0.3) is 0 Å². The number of nitrogen functional groups attached to an aromatic ring is 1. The summed E-state index contributed by atoms with van der Waals surface area (Å²) in [6.45, 7) is 3.63. The van der Waals surface area contributed by atoms with Gasteiger partial charge in [0.05, 0.1) is 5.56 Å². The first-order valence-corrected chi connectivity index (χ1v) is 6.73. The van der Waals surface area contributed by atoms with E-state index in [-0.39, 0.29) is 5.84 Å². The number of hydrogen-bond acceptors (Lipinski definition) is 4. The number of nitrogens with two attached hydrogens (primary N) is 1. The standard InChI is InChI=1S/C14H22N4O/c1-10-6-7-12(13(15)16)14(17-10)19-9-11-5-3-4-8-18(11)2/h6-7,11H,3-5,8-9H2,1-2H3,(H3,15,16). The maximum atomic E-state index is 7.56. The molecule has 104 valence electrons. The van der Waals surface area contributed by atoms with Gasteiger partial charge in [0.2, 0.25) is 5.88 Å². The molecular weight excluding hydrogens is 240 g/mol. The van der Waals surface area contributed by atoms with Gasteiger partial charge in [-0.05, 0) is 45.5 Å². The number of aromatic nitrogens is 1. The number of aryl methyl sites for hydroxylation is 1. The third kappa shape index (κ3) is 3.44. The van der Waals surface area contributed by atoms with E-state index in [1.54, 1.807) is 6.07 Å². The zero-order chi connectivity index (χ0) is 13.8. The van der Waals surface area contributed by atoms with E-state index in [1.807, 2.05) is 13.0 Å². The van der Waals surface area contributed by atoms with Gasteiger partial charge >= 0.3 is 0 Å². The van der Waals surface area contributed by atoms with Crippen molar-refractivity contribution in [3.8, 4) is 5.88 Å². The van der Waals surface area contributed by atoms with Crippen LogP contribution in [0, 0.1) is 12.3 Å². The Morgan fingerprint density at radius 3 is 3.00 bits per heavy atom. The fourth-order valence-corrected chi connectivity index (χ4v) is 2.38. The lowest BCUT2D eigenvalue weighted by molar-refractivity contribution is 0.122. The van der Waals surface area contributed by atoms with Crippen molar-refractivity contribution in [2.24, 2.45) is 5.73 Å². The molecule has 0 aliphatic carbocycles. The smallest absolute Gasteiger partial charge is 0.224 e. The maximum Gasteiger partial charge on any atom is 0.224 e. The van der Waals surface area contributed by atoms with Crippen LogP contribution in [-0.4, -0.2) is 42.0 Å². The predicted octanol–water partition coefficient (Wildman–Crippen LogP) is 1.54. The SMILES string of the molecule is Cc1ccc(C(=N)N)c(OCC2CCCCN2C)n1. The summed E-state index contributed by atoms with van der Waals surface area (Å²) in [6, 6.07) is 4.07. The van der Waals surface area contributed by atoms with Crippen molar-refractivity contribution in [1.29, 1.82) is 5.41 Å². The van der Waals surface area contributed by atoms with E-state index in [0.29, 0.717) is 24.1 Å². The first kappa shape index (κ1) is 13.8. The third-order valence-electron chi connectivity index (χ3n) is 3.62. The van der Waals surface area contributed by atoms with Crippen LogP contribution in [-0.2, 0) is 0 Å². The summed E-state index contributed by atoms with van der Waals surface area (Å²) in [7, 11) is 2.13. The van der Waals surface area contributed by atoms with Gasteiger partial charge in [-0.1, -0.05) is 6.42 Å². The van der Waals surface area contributed by atoms with E-state index < -0.39 is 0 Å². The molecule has 19 heavy (non-hydrogen) atoms. The number of rotatable bonds is 4. The van der Waals surface area contributed by atoms with Crippen LogP contribution in [0.25, 0.3) is 0 Å². The number of hydrogen-bond donors (Lipinski definition) is 2. The van der Waals surface area contributed by atoms with Crippen molar-refractivity contribution >= 4 is 5.84 Å². The summed E-state index contributed by atoms with van der Waals surface area (Å²) in [5.74, 6) is 0.478. The highest BCUT2D eigenvalue weighted by Gasteiger charge is 2.20. The fourth-order valence-electron chi connectivity index (χ4n) is 2.38. The van der Waals surface area contributed by atoms with Crippen molar-refractivity contribution in [3.05, 3.63) is 23.4 Å². The summed E-state index contributed by atoms with van der Waals surface area (Å²) < 4.78 is 5.82. The molecule has 5 heteroatoms. The zero-order valence-corrected chi connectivity index (χ0v) is 11.6. The van der Waals surface area contributed by atoms with Gasteiger partial charge in [0.1, 0.15) is 12.4 Å². The molecule has 2 heterocycles. The third-order valence-corrected chi connectivity index (χ3v) is 3.62. The van der Waals surface area contributed by atoms with Crippen molar-refractivity contribution < 1.29 is 4.74 Å². The van der Waals surface area contributed by atoms with E-state index >= 15 is 0 Å². The van der Waals surface area contributed by atoms with Crippen LogP contribution in [0.2, 0.25) is 0 Å². The molecular formula is C14H22N4O. The minimum absolute atomic E-state index is 0.000464. The van der Waals surface area contributed by atoms with Crippen LogP contribution in [0.1, 0.15) is 30.5 Å². The number of likely N-dealkylation sites (N-methyl/N-ethyl adjacent to an activating group) is 1. The van der Waals surface area contributed by atoms with Gasteiger partial charge in [-0.3, -0.25) is 5.41 Å². The van der Waals surface area contributed by atoms with Crippen LogP contribution in [0.15, 0.2) is 12.1 Å². The zero-order valence-electron chi connectivity index (χ0n) is 11.6. The van der Waals surface area contributed by atoms with E-state index in [0.717, 1.165) is 18.7 Å². The predicted molar refractivity (Wildman–Crippen MR) is 75.8 cm³/mol. The Hall–Kier alpha value is -1.62. The van der Waals surface area contributed by atoms with Crippen molar-refractivity contribution in [3.63, 3.8) is 0 Å². The molecule has 1 aromatic heterocycles. The number of nitrogens with zero attached hydrogens (tertiary/aromatic N) is 2. The Bertz CT molecular complexity index is 461. The molecule has 1 aromatic rings. The van der Waals surface area contributed by atoms with Crippen molar-refractivity contribution in [2.45, 2.75) is 32.2 Å². The normalized spacial score (nSPS) is 20.2. The van der Waals surface area contributed by atoms with Crippen LogP contribution < -0.4 is 10.5 Å². The highest BCUT2D eigenvalue weighted by molar-refractivity contribution is 5.97. The second-order valence-corrected chi connectivity index (χ2v) is 5.16. The molecule has 2 rings (SSSR count). The summed E-state index contributed by atoms with van der Waals surface area (Å²) in [6.07, 6.45) is 3.66. The van der Waals surface area contributed by atoms with Crippen LogP contribution >= 0.6 is 0 Å². The van der Waals surface area contributed by atoms with Gasteiger partial charge < -0.3 is 15.4 Å². The monoisotopic (exact) mass is 262 g/mol. The van der Waals surface area contributed by atoms with Crippen molar-refractivity contribution in [1.82, 2.24) is 9.88 Å². The number of nitrogens with one attached hydrogen (secondary N) is 1. The second kappa shape index (κ2) is 6.02. The Morgan fingerprint density at radius 1 is 1.53 bits per heavy atom. The number of piperidine rings is 1. The Labute approximate surface area is 114 Å². The summed E-state index contributed by atoms with van der Waals surface area (Å²) in [5.41, 5.74) is 7.00. The molecule has 0 radical (unpaired) electrons. The van der Waals surface area contributed by atoms with Crippen LogP contribution in [0.4, 0.5) is 0 Å². The summed E-state index contributed by atoms with van der Waals surface area (Å²) >= 11 is 0. The molecule has 0 saturated carbocycles. The molecule has 5 nitrogen and oxygen atoms in total. The number of ether oxygens (including phenoxy) is 1. The number of pyridine rings is 1. The van der Waals surface area contributed by atoms with Gasteiger partial charge in [-0.2, -0.15) is 0 Å². The lowest BCUT2D eigenvalue weighted by Gasteiger charge is -2.32. The molecule has 1 saturated heterocycles. The average Bonchev–Trinajstić information content (AvgIpc) is 2.37. The molecule has 0 spiro atoms. The van der Waals surface area contributed by atoms with Crippen LogP contribution in [0.5, 0.6) is 5.88 Å².